The van der Waals surface area contributed by atoms with Crippen LogP contribution in [0, 0.1) is 35.5 Å². The Morgan fingerprint density at radius 3 is 1.39 bits per heavy atom. The number of rotatable bonds is 14. The van der Waals surface area contributed by atoms with E-state index in [-0.39, 0.29) is 84.0 Å². The van der Waals surface area contributed by atoms with E-state index in [0.29, 0.717) is 36.1 Å². The molecule has 8 rings (SSSR count). The van der Waals surface area contributed by atoms with Gasteiger partial charge in [-0.2, -0.15) is 0 Å². The van der Waals surface area contributed by atoms with Crippen molar-refractivity contribution < 1.29 is 19.8 Å². The van der Waals surface area contributed by atoms with Crippen LogP contribution >= 0.6 is 0 Å². The monoisotopic (exact) mass is 770 g/mol. The second-order valence-electron chi connectivity index (χ2n) is 16.9. The highest BCUT2D eigenvalue weighted by atomic mass is 16.3. The number of hydrogen-bond donors (Lipinski definition) is 4. The van der Waals surface area contributed by atoms with Crippen LogP contribution < -0.4 is 21.8 Å². The summed E-state index contributed by atoms with van der Waals surface area (Å²) in [6.07, 6.45) is 14.1. The second kappa shape index (κ2) is 17.3. The molecule has 0 radical (unpaired) electrons. The van der Waals surface area contributed by atoms with Crippen molar-refractivity contribution in [3.63, 3.8) is 0 Å². The Balaban J connectivity index is 0.000000172. The van der Waals surface area contributed by atoms with Crippen molar-refractivity contribution in [1.82, 2.24) is 29.6 Å². The summed E-state index contributed by atoms with van der Waals surface area (Å²) < 4.78 is 3.71. The van der Waals surface area contributed by atoms with Crippen molar-refractivity contribution in [2.24, 2.45) is 35.5 Å². The first-order chi connectivity index (χ1) is 27.2. The van der Waals surface area contributed by atoms with Gasteiger partial charge in [0.05, 0.1) is 24.2 Å². The van der Waals surface area contributed by atoms with Gasteiger partial charge in [-0.1, -0.05) is 38.2 Å². The van der Waals surface area contributed by atoms with E-state index >= 15 is 0 Å². The molecule has 0 aromatic carbocycles. The lowest BCUT2D eigenvalue weighted by Gasteiger charge is -2.30. The lowest BCUT2D eigenvalue weighted by molar-refractivity contribution is -0.128. The molecule has 4 fully saturated rings. The predicted octanol–water partition coefficient (Wildman–Crippen LogP) is 3.56. The van der Waals surface area contributed by atoms with E-state index < -0.39 is 0 Å². The Labute approximate surface area is 330 Å². The van der Waals surface area contributed by atoms with Crippen molar-refractivity contribution in [3.05, 3.63) is 79.6 Å². The summed E-state index contributed by atoms with van der Waals surface area (Å²) in [5.74, 6) is 1.19. The lowest BCUT2D eigenvalue weighted by atomic mass is 9.88. The van der Waals surface area contributed by atoms with Gasteiger partial charge in [-0.3, -0.25) is 29.0 Å². The van der Waals surface area contributed by atoms with Crippen LogP contribution in [0.1, 0.15) is 101 Å². The standard InChI is InChI=1S/2C22H31N3O3/c2*1-3-5-15-8-9-18-19-16(12-25(18)22(15)28)17(13-26)20(24(19)10-4-2)21(27)23-11-14-6-7-14/h2*3,5,8-9,14,16-17,19-20,26H,4,6-7,10-13H2,1-2H3,(H,23,27)/b5-3+;5-3-/t2*16-,17-,19+,20-/m11/s1. The number of amides is 2. The highest BCUT2D eigenvalue weighted by Gasteiger charge is 2.56. The Bertz CT molecular complexity index is 1790. The fraction of sp³-hybridized carbons (Fsp3) is 0.636. The minimum atomic E-state index is -0.322. The molecule has 0 spiro atoms. The summed E-state index contributed by atoms with van der Waals surface area (Å²) in [4.78, 5) is 56.3. The van der Waals surface area contributed by atoms with Crippen molar-refractivity contribution in [1.29, 1.82) is 0 Å². The topological polar surface area (TPSA) is 149 Å². The number of fused-ring (bicyclic) bond motifs is 6. The number of hydrogen-bond acceptors (Lipinski definition) is 8. The van der Waals surface area contributed by atoms with Crippen LogP contribution in [0.5, 0.6) is 0 Å². The minimum Gasteiger partial charge on any atom is -0.396 e. The number of nitrogens with one attached hydrogen (secondary N) is 2. The third-order valence-electron chi connectivity index (χ3n) is 13.2. The number of aromatic nitrogens is 2. The molecule has 2 saturated heterocycles. The predicted molar refractivity (Wildman–Crippen MR) is 217 cm³/mol. The molecule has 2 aromatic heterocycles. The van der Waals surface area contributed by atoms with Crippen LogP contribution in [-0.2, 0) is 22.7 Å². The largest absolute Gasteiger partial charge is 0.396 e. The van der Waals surface area contributed by atoms with E-state index in [1.807, 2.05) is 71.6 Å². The Kier molecular flexibility index (Phi) is 12.5. The maximum atomic E-state index is 13.0. The van der Waals surface area contributed by atoms with Gasteiger partial charge in [0, 0.05) is 85.6 Å². The molecule has 6 heterocycles. The fourth-order valence-corrected chi connectivity index (χ4v) is 10.2. The quantitative estimate of drug-likeness (QED) is 0.228. The zero-order valence-electron chi connectivity index (χ0n) is 33.6. The molecule has 2 saturated carbocycles. The highest BCUT2D eigenvalue weighted by molar-refractivity contribution is 5.83. The van der Waals surface area contributed by atoms with Crippen LogP contribution in [0.2, 0.25) is 0 Å². The number of pyridine rings is 2. The summed E-state index contributed by atoms with van der Waals surface area (Å²) in [6, 6.07) is 7.22. The van der Waals surface area contributed by atoms with E-state index in [0.717, 1.165) is 50.4 Å². The molecule has 0 unspecified atom stereocenters. The van der Waals surface area contributed by atoms with E-state index in [4.69, 9.17) is 0 Å². The van der Waals surface area contributed by atoms with Crippen LogP contribution in [-0.4, -0.2) is 92.4 Å². The third-order valence-corrected chi connectivity index (χ3v) is 13.2. The molecule has 8 atom stereocenters. The van der Waals surface area contributed by atoms with E-state index in [1.165, 1.54) is 25.7 Å². The number of aliphatic hydroxyl groups is 2. The van der Waals surface area contributed by atoms with Crippen LogP contribution in [0.4, 0.5) is 0 Å². The molecular formula is C44H62N6O6. The molecule has 4 aliphatic heterocycles. The molecule has 56 heavy (non-hydrogen) atoms. The molecule has 4 N–H and O–H groups in total. The number of likely N-dealkylation sites (tertiary alicyclic amines) is 2. The zero-order chi connectivity index (χ0) is 39.7. The first-order valence-electron chi connectivity index (χ1n) is 21.2. The summed E-state index contributed by atoms with van der Waals surface area (Å²) in [5, 5.41) is 26.6. The van der Waals surface area contributed by atoms with Crippen molar-refractivity contribution >= 4 is 24.0 Å². The lowest BCUT2D eigenvalue weighted by Crippen LogP contribution is -2.49. The summed E-state index contributed by atoms with van der Waals surface area (Å²) in [6.45, 7) is 12.1. The molecule has 0 bridgehead atoms. The van der Waals surface area contributed by atoms with Gasteiger partial charge in [-0.05, 0) is 102 Å². The normalized spacial score (nSPS) is 29.2. The van der Waals surface area contributed by atoms with Crippen molar-refractivity contribution in [2.75, 3.05) is 39.4 Å². The molecule has 2 amide bonds. The second-order valence-corrected chi connectivity index (χ2v) is 16.9. The molecule has 12 nitrogen and oxygen atoms in total. The molecule has 2 aromatic rings. The van der Waals surface area contributed by atoms with E-state index in [1.54, 1.807) is 0 Å². The average molecular weight is 771 g/mol. The van der Waals surface area contributed by atoms with Gasteiger partial charge in [0.25, 0.3) is 11.1 Å². The van der Waals surface area contributed by atoms with E-state index in [9.17, 15) is 29.4 Å². The third kappa shape index (κ3) is 7.62. The van der Waals surface area contributed by atoms with Gasteiger partial charge in [-0.15, -0.1) is 0 Å². The summed E-state index contributed by atoms with van der Waals surface area (Å²) in [7, 11) is 0. The van der Waals surface area contributed by atoms with Gasteiger partial charge in [0.1, 0.15) is 0 Å². The highest BCUT2D eigenvalue weighted by Crippen LogP contribution is 2.50. The van der Waals surface area contributed by atoms with E-state index in [2.05, 4.69) is 34.3 Å². The molecular weight excluding hydrogens is 709 g/mol. The number of carbonyl (C=O) groups is 2. The first-order valence-corrected chi connectivity index (χ1v) is 21.2. The maximum Gasteiger partial charge on any atom is 0.258 e. The number of aliphatic hydroxyl groups excluding tert-OH is 2. The number of nitrogens with zero attached hydrogens (tertiary/aromatic N) is 4. The molecule has 2 aliphatic carbocycles. The van der Waals surface area contributed by atoms with Gasteiger partial charge in [0.2, 0.25) is 11.8 Å². The summed E-state index contributed by atoms with van der Waals surface area (Å²) >= 11 is 0. The van der Waals surface area contributed by atoms with Crippen molar-refractivity contribution in [2.45, 2.75) is 103 Å². The van der Waals surface area contributed by atoms with Gasteiger partial charge >= 0.3 is 0 Å². The smallest absolute Gasteiger partial charge is 0.258 e. The van der Waals surface area contributed by atoms with Gasteiger partial charge in [-0.25, -0.2) is 0 Å². The Hall–Kier alpha value is -3.84. The molecule has 6 aliphatic rings. The first kappa shape index (κ1) is 40.4. The maximum absolute atomic E-state index is 13.0. The average Bonchev–Trinajstić information content (AvgIpc) is 4.08. The number of allylic oxidation sites excluding steroid dienone is 2. The van der Waals surface area contributed by atoms with Crippen LogP contribution in [0.3, 0.4) is 0 Å². The van der Waals surface area contributed by atoms with Crippen molar-refractivity contribution in [3.8, 4) is 0 Å². The molecule has 304 valence electrons. The zero-order valence-corrected chi connectivity index (χ0v) is 33.6. The summed E-state index contributed by atoms with van der Waals surface area (Å²) in [5.41, 5.74) is 3.38. The van der Waals surface area contributed by atoms with Crippen LogP contribution in [0.15, 0.2) is 46.0 Å². The van der Waals surface area contributed by atoms with Gasteiger partial charge in [0.15, 0.2) is 0 Å². The SMILES string of the molecule is C/C=C/c1ccc2n(c1=O)C[C@@H]1[C@@H](CO)[C@H](C(=O)NCC3CC3)N(CCC)[C@H]21.C/C=C\c1ccc2n(c1=O)C[C@@H]1[C@@H](CO)[C@H](C(=O)NCC3CC3)N(CCC)[C@H]21. The minimum absolute atomic E-state index is 0.0149. The fourth-order valence-electron chi connectivity index (χ4n) is 10.2. The van der Waals surface area contributed by atoms with Crippen LogP contribution in [0.25, 0.3) is 12.2 Å². The molecule has 12 heteroatoms. The van der Waals surface area contributed by atoms with Gasteiger partial charge < -0.3 is 30.0 Å². The Morgan fingerprint density at radius 1 is 0.679 bits per heavy atom. The Morgan fingerprint density at radius 2 is 1.07 bits per heavy atom. The number of carbonyl (C=O) groups excluding carboxylic acids is 2.